The summed E-state index contributed by atoms with van der Waals surface area (Å²) in [5.74, 6) is 1.30. The molecule has 6 nitrogen and oxygen atoms in total. The summed E-state index contributed by atoms with van der Waals surface area (Å²) in [6, 6.07) is 7.34. The summed E-state index contributed by atoms with van der Waals surface area (Å²) < 4.78 is 21.4. The van der Waals surface area contributed by atoms with Gasteiger partial charge in [0.1, 0.15) is 36.1 Å². The summed E-state index contributed by atoms with van der Waals surface area (Å²) >= 11 is 0. The molecule has 118 valence electrons. The van der Waals surface area contributed by atoms with Crippen molar-refractivity contribution in [3.05, 3.63) is 36.7 Å². The van der Waals surface area contributed by atoms with E-state index >= 15 is 0 Å². The molecule has 0 N–H and O–H groups in total. The van der Waals surface area contributed by atoms with E-state index in [0.29, 0.717) is 49.3 Å². The normalized spacial score (nSPS) is 10.5. The lowest BCUT2D eigenvalue weighted by Crippen LogP contribution is -2.08. The third kappa shape index (κ3) is 4.41. The largest absolute Gasteiger partial charge is 0.489 e. The Balaban J connectivity index is 2.23. The molecule has 0 aliphatic rings. The lowest BCUT2D eigenvalue weighted by atomic mass is 10.2. The van der Waals surface area contributed by atoms with Crippen LogP contribution in [0.15, 0.2) is 36.7 Å². The molecule has 0 aliphatic carbocycles. The summed E-state index contributed by atoms with van der Waals surface area (Å²) in [6.07, 6.45) is 3.40. The molecule has 2 aromatic rings. The fourth-order valence-corrected chi connectivity index (χ4v) is 1.84. The highest BCUT2D eigenvalue weighted by atomic mass is 16.5. The van der Waals surface area contributed by atoms with Crippen molar-refractivity contribution in [2.75, 3.05) is 40.6 Å². The molecule has 0 spiro atoms. The van der Waals surface area contributed by atoms with E-state index in [2.05, 4.69) is 9.97 Å². The van der Waals surface area contributed by atoms with Crippen molar-refractivity contribution in [1.29, 1.82) is 0 Å². The van der Waals surface area contributed by atoms with E-state index < -0.39 is 0 Å². The van der Waals surface area contributed by atoms with Crippen LogP contribution in [0.3, 0.4) is 0 Å². The Kier molecular flexibility index (Phi) is 6.60. The molecular weight excluding hydrogens is 284 g/mol. The number of nitrogens with zero attached hydrogens (tertiary/aromatic N) is 2. The Labute approximate surface area is 130 Å². The molecule has 22 heavy (non-hydrogen) atoms. The first kappa shape index (κ1) is 16.2. The van der Waals surface area contributed by atoms with E-state index in [1.165, 1.54) is 0 Å². The molecule has 0 saturated heterocycles. The number of ether oxygens (including phenoxy) is 4. The predicted octanol–water partition coefficient (Wildman–Crippen LogP) is 2.19. The second kappa shape index (κ2) is 8.96. The Morgan fingerprint density at radius 3 is 1.59 bits per heavy atom. The summed E-state index contributed by atoms with van der Waals surface area (Å²) in [5.41, 5.74) is 1.29. The van der Waals surface area contributed by atoms with Gasteiger partial charge in [0.05, 0.1) is 13.2 Å². The molecule has 0 radical (unpaired) electrons. The van der Waals surface area contributed by atoms with Gasteiger partial charge in [-0.15, -0.1) is 0 Å². The Bertz CT molecular complexity index is 526. The zero-order valence-corrected chi connectivity index (χ0v) is 12.8. The number of hydrogen-bond acceptors (Lipinski definition) is 6. The van der Waals surface area contributed by atoms with Crippen LogP contribution in [0.1, 0.15) is 0 Å². The van der Waals surface area contributed by atoms with Crippen LogP contribution in [0, 0.1) is 0 Å². The Hall–Kier alpha value is -2.18. The maximum absolute atomic E-state index is 5.70. The maximum Gasteiger partial charge on any atom is 0.147 e. The standard InChI is InChI=1S/C16H20N2O4/c1-19-9-11-21-13-5-3-7-17-15(13)16-14(6-4-8-18-16)22-12-10-20-2/h3-8H,9-12H2,1-2H3. The second-order valence-corrected chi connectivity index (χ2v) is 4.38. The molecule has 0 amide bonds. The van der Waals surface area contributed by atoms with Crippen molar-refractivity contribution < 1.29 is 18.9 Å². The van der Waals surface area contributed by atoms with Crippen molar-refractivity contribution in [3.63, 3.8) is 0 Å². The van der Waals surface area contributed by atoms with E-state index in [9.17, 15) is 0 Å². The van der Waals surface area contributed by atoms with Gasteiger partial charge in [0.15, 0.2) is 0 Å². The fourth-order valence-electron chi connectivity index (χ4n) is 1.84. The molecular formula is C16H20N2O4. The fraction of sp³-hybridized carbons (Fsp3) is 0.375. The lowest BCUT2D eigenvalue weighted by Gasteiger charge is -2.13. The van der Waals surface area contributed by atoms with Crippen molar-refractivity contribution in [3.8, 4) is 22.9 Å². The number of methoxy groups -OCH3 is 2. The van der Waals surface area contributed by atoms with Crippen LogP contribution in [-0.4, -0.2) is 50.6 Å². The number of pyridine rings is 2. The first-order valence-electron chi connectivity index (χ1n) is 7.00. The van der Waals surface area contributed by atoms with E-state index in [-0.39, 0.29) is 0 Å². The highest BCUT2D eigenvalue weighted by Gasteiger charge is 2.14. The second-order valence-electron chi connectivity index (χ2n) is 4.38. The summed E-state index contributed by atoms with van der Waals surface area (Å²) in [5, 5.41) is 0. The van der Waals surface area contributed by atoms with E-state index in [1.807, 2.05) is 24.3 Å². The minimum Gasteiger partial charge on any atom is -0.489 e. The third-order valence-corrected chi connectivity index (χ3v) is 2.86. The molecule has 0 aliphatic heterocycles. The van der Waals surface area contributed by atoms with Gasteiger partial charge in [0.25, 0.3) is 0 Å². The summed E-state index contributed by atoms with van der Waals surface area (Å²) in [7, 11) is 3.27. The van der Waals surface area contributed by atoms with Crippen LogP contribution in [0.5, 0.6) is 11.5 Å². The lowest BCUT2D eigenvalue weighted by molar-refractivity contribution is 0.145. The monoisotopic (exact) mass is 304 g/mol. The van der Waals surface area contributed by atoms with Gasteiger partial charge in [-0.3, -0.25) is 9.97 Å². The van der Waals surface area contributed by atoms with Gasteiger partial charge in [-0.1, -0.05) is 0 Å². The highest BCUT2D eigenvalue weighted by Crippen LogP contribution is 2.32. The van der Waals surface area contributed by atoms with Crippen LogP contribution < -0.4 is 9.47 Å². The van der Waals surface area contributed by atoms with Gasteiger partial charge < -0.3 is 18.9 Å². The molecule has 0 bridgehead atoms. The van der Waals surface area contributed by atoms with Gasteiger partial charge in [-0.2, -0.15) is 0 Å². The van der Waals surface area contributed by atoms with E-state index in [1.54, 1.807) is 26.6 Å². The minimum absolute atomic E-state index is 0.446. The van der Waals surface area contributed by atoms with Crippen LogP contribution in [0.25, 0.3) is 11.4 Å². The Morgan fingerprint density at radius 1 is 0.727 bits per heavy atom. The maximum atomic E-state index is 5.70. The molecule has 2 aromatic heterocycles. The number of aromatic nitrogens is 2. The molecule has 0 unspecified atom stereocenters. The summed E-state index contributed by atoms with van der Waals surface area (Å²) in [6.45, 7) is 1.91. The average Bonchev–Trinajstić information content (AvgIpc) is 2.56. The minimum atomic E-state index is 0.446. The quantitative estimate of drug-likeness (QED) is 0.662. The van der Waals surface area contributed by atoms with Crippen LogP contribution >= 0.6 is 0 Å². The Morgan fingerprint density at radius 2 is 1.18 bits per heavy atom. The van der Waals surface area contributed by atoms with Crippen molar-refractivity contribution in [1.82, 2.24) is 9.97 Å². The smallest absolute Gasteiger partial charge is 0.147 e. The van der Waals surface area contributed by atoms with E-state index in [0.717, 1.165) is 0 Å². The van der Waals surface area contributed by atoms with Gasteiger partial charge in [0.2, 0.25) is 0 Å². The molecule has 2 heterocycles. The molecule has 6 heteroatoms. The first-order valence-corrected chi connectivity index (χ1v) is 7.00. The van der Waals surface area contributed by atoms with Crippen molar-refractivity contribution in [2.45, 2.75) is 0 Å². The average molecular weight is 304 g/mol. The molecule has 2 rings (SSSR count). The van der Waals surface area contributed by atoms with Crippen molar-refractivity contribution in [2.24, 2.45) is 0 Å². The molecule has 0 fully saturated rings. The highest BCUT2D eigenvalue weighted by molar-refractivity contribution is 5.68. The van der Waals surface area contributed by atoms with Crippen LogP contribution in [0.4, 0.5) is 0 Å². The van der Waals surface area contributed by atoms with Crippen molar-refractivity contribution >= 4 is 0 Å². The van der Waals surface area contributed by atoms with Gasteiger partial charge in [-0.05, 0) is 24.3 Å². The molecule has 0 aromatic carbocycles. The van der Waals surface area contributed by atoms with Gasteiger partial charge in [-0.25, -0.2) is 0 Å². The van der Waals surface area contributed by atoms with Crippen LogP contribution in [0.2, 0.25) is 0 Å². The molecule has 0 saturated carbocycles. The van der Waals surface area contributed by atoms with Crippen LogP contribution in [-0.2, 0) is 9.47 Å². The number of hydrogen-bond donors (Lipinski definition) is 0. The van der Waals surface area contributed by atoms with E-state index in [4.69, 9.17) is 18.9 Å². The topological polar surface area (TPSA) is 62.7 Å². The van der Waals surface area contributed by atoms with Gasteiger partial charge >= 0.3 is 0 Å². The third-order valence-electron chi connectivity index (χ3n) is 2.86. The zero-order valence-electron chi connectivity index (χ0n) is 12.8. The summed E-state index contributed by atoms with van der Waals surface area (Å²) in [4.78, 5) is 8.75. The first-order chi connectivity index (χ1) is 10.9. The number of rotatable bonds is 9. The zero-order chi connectivity index (χ0) is 15.6. The predicted molar refractivity (Wildman–Crippen MR) is 82.2 cm³/mol. The molecule has 0 atom stereocenters. The van der Waals surface area contributed by atoms with Gasteiger partial charge in [0, 0.05) is 26.6 Å². The SMILES string of the molecule is COCCOc1cccnc1-c1ncccc1OCCOC.